The number of rotatable bonds is 3. The molecule has 2 aromatic heterocycles. The van der Waals surface area contributed by atoms with Crippen LogP contribution < -0.4 is 4.90 Å². The summed E-state index contributed by atoms with van der Waals surface area (Å²) >= 11 is 0. The SMILES string of the molecule is CCc1ncnc(N2CCC(O)(CC)CC2)c1C#Cc1ccc(C)nc1. The van der Waals surface area contributed by atoms with E-state index in [0.29, 0.717) is 0 Å². The van der Waals surface area contributed by atoms with Crippen LogP contribution in [0.1, 0.15) is 55.6 Å². The van der Waals surface area contributed by atoms with E-state index in [1.54, 1.807) is 12.5 Å². The predicted molar refractivity (Wildman–Crippen MR) is 103 cm³/mol. The summed E-state index contributed by atoms with van der Waals surface area (Å²) in [5.41, 5.74) is 3.16. The van der Waals surface area contributed by atoms with Crippen molar-refractivity contribution in [3.05, 3.63) is 47.2 Å². The quantitative estimate of drug-likeness (QED) is 0.863. The molecule has 0 saturated carbocycles. The third-order valence-electron chi connectivity index (χ3n) is 5.14. The first-order chi connectivity index (χ1) is 12.5. The second kappa shape index (κ2) is 7.84. The van der Waals surface area contributed by atoms with Gasteiger partial charge in [-0.15, -0.1) is 0 Å². The summed E-state index contributed by atoms with van der Waals surface area (Å²) in [4.78, 5) is 15.5. The van der Waals surface area contributed by atoms with Crippen LogP contribution in [0.25, 0.3) is 0 Å². The molecule has 0 aromatic carbocycles. The number of aliphatic hydroxyl groups is 1. The lowest BCUT2D eigenvalue weighted by Crippen LogP contribution is -2.44. The van der Waals surface area contributed by atoms with Gasteiger partial charge in [0.1, 0.15) is 12.1 Å². The molecule has 26 heavy (non-hydrogen) atoms. The van der Waals surface area contributed by atoms with Gasteiger partial charge in [0.05, 0.1) is 16.9 Å². The normalized spacial score (nSPS) is 16.1. The third kappa shape index (κ3) is 4.03. The molecule has 0 spiro atoms. The van der Waals surface area contributed by atoms with E-state index in [4.69, 9.17) is 0 Å². The number of anilines is 1. The third-order valence-corrected chi connectivity index (χ3v) is 5.14. The van der Waals surface area contributed by atoms with Crippen molar-refractivity contribution in [3.63, 3.8) is 0 Å². The van der Waals surface area contributed by atoms with E-state index in [-0.39, 0.29) is 0 Å². The maximum absolute atomic E-state index is 10.5. The molecule has 136 valence electrons. The van der Waals surface area contributed by atoms with E-state index in [9.17, 15) is 5.11 Å². The Hall–Kier alpha value is -2.45. The fourth-order valence-corrected chi connectivity index (χ4v) is 3.21. The van der Waals surface area contributed by atoms with Crippen LogP contribution >= 0.6 is 0 Å². The molecule has 3 heterocycles. The molecule has 0 amide bonds. The molecule has 3 rings (SSSR count). The summed E-state index contributed by atoms with van der Waals surface area (Å²) in [5, 5.41) is 10.5. The smallest absolute Gasteiger partial charge is 0.148 e. The van der Waals surface area contributed by atoms with Gasteiger partial charge in [-0.05, 0) is 44.7 Å². The van der Waals surface area contributed by atoms with Crippen LogP contribution in [-0.4, -0.2) is 38.7 Å². The van der Waals surface area contributed by atoms with Crippen LogP contribution in [0.2, 0.25) is 0 Å². The molecular formula is C21H26N4O. The van der Waals surface area contributed by atoms with E-state index < -0.39 is 5.60 Å². The Morgan fingerprint density at radius 2 is 1.88 bits per heavy atom. The summed E-state index contributed by atoms with van der Waals surface area (Å²) < 4.78 is 0. The largest absolute Gasteiger partial charge is 0.390 e. The Balaban J connectivity index is 1.91. The summed E-state index contributed by atoms with van der Waals surface area (Å²) in [6.45, 7) is 7.65. The van der Waals surface area contributed by atoms with E-state index in [0.717, 1.165) is 67.1 Å². The Labute approximate surface area is 155 Å². The minimum Gasteiger partial charge on any atom is -0.390 e. The number of hydrogen-bond donors (Lipinski definition) is 1. The maximum Gasteiger partial charge on any atom is 0.148 e. The molecule has 0 bridgehead atoms. The molecule has 0 unspecified atom stereocenters. The minimum atomic E-state index is -0.545. The van der Waals surface area contributed by atoms with Gasteiger partial charge in [0.2, 0.25) is 0 Å². The van der Waals surface area contributed by atoms with Gasteiger partial charge in [-0.3, -0.25) is 4.98 Å². The number of piperidine rings is 1. The van der Waals surface area contributed by atoms with Crippen molar-refractivity contribution in [1.29, 1.82) is 0 Å². The van der Waals surface area contributed by atoms with Crippen molar-refractivity contribution in [3.8, 4) is 11.8 Å². The predicted octanol–water partition coefficient (Wildman–Crippen LogP) is 2.88. The average Bonchev–Trinajstić information content (AvgIpc) is 2.68. The van der Waals surface area contributed by atoms with Crippen molar-refractivity contribution in [2.45, 2.75) is 52.1 Å². The standard InChI is InChI=1S/C21H26N4O/c1-4-19-18(9-8-17-7-6-16(3)22-14-17)20(24-15-23-19)25-12-10-21(26,5-2)11-13-25/h6-7,14-15,26H,4-5,10-13H2,1-3H3. The number of aryl methyl sites for hydroxylation is 2. The molecule has 1 N–H and O–H groups in total. The highest BCUT2D eigenvalue weighted by Gasteiger charge is 2.31. The summed E-state index contributed by atoms with van der Waals surface area (Å²) in [5.74, 6) is 7.36. The topological polar surface area (TPSA) is 62.1 Å². The molecule has 1 aliphatic heterocycles. The van der Waals surface area contributed by atoms with Gasteiger partial charge in [-0.2, -0.15) is 0 Å². The Bertz CT molecular complexity index is 812. The molecule has 0 radical (unpaired) electrons. The summed E-state index contributed by atoms with van der Waals surface area (Å²) in [6, 6.07) is 3.94. The van der Waals surface area contributed by atoms with Crippen LogP contribution in [0, 0.1) is 18.8 Å². The molecular weight excluding hydrogens is 324 g/mol. The number of aromatic nitrogens is 3. The van der Waals surface area contributed by atoms with Crippen molar-refractivity contribution < 1.29 is 5.11 Å². The van der Waals surface area contributed by atoms with Crippen LogP contribution in [-0.2, 0) is 6.42 Å². The molecule has 1 fully saturated rings. The monoisotopic (exact) mass is 350 g/mol. The lowest BCUT2D eigenvalue weighted by atomic mass is 9.89. The fraction of sp³-hybridized carbons (Fsp3) is 0.476. The highest BCUT2D eigenvalue weighted by Crippen LogP contribution is 2.29. The van der Waals surface area contributed by atoms with Crippen LogP contribution in [0.4, 0.5) is 5.82 Å². The van der Waals surface area contributed by atoms with E-state index in [2.05, 4.69) is 38.6 Å². The van der Waals surface area contributed by atoms with E-state index in [1.807, 2.05) is 26.0 Å². The number of pyridine rings is 1. The average molecular weight is 350 g/mol. The minimum absolute atomic E-state index is 0.545. The van der Waals surface area contributed by atoms with E-state index in [1.165, 1.54) is 0 Å². The van der Waals surface area contributed by atoms with Gasteiger partial charge in [0, 0.05) is 30.5 Å². The first-order valence-corrected chi connectivity index (χ1v) is 9.30. The molecule has 0 aliphatic carbocycles. The Morgan fingerprint density at radius 1 is 1.12 bits per heavy atom. The van der Waals surface area contributed by atoms with Crippen molar-refractivity contribution in [2.75, 3.05) is 18.0 Å². The Kier molecular flexibility index (Phi) is 5.53. The first kappa shape index (κ1) is 18.3. The molecule has 2 aromatic rings. The zero-order valence-corrected chi connectivity index (χ0v) is 15.8. The van der Waals surface area contributed by atoms with Gasteiger partial charge >= 0.3 is 0 Å². The molecule has 0 atom stereocenters. The molecule has 5 nitrogen and oxygen atoms in total. The highest BCUT2D eigenvalue weighted by molar-refractivity contribution is 5.59. The lowest BCUT2D eigenvalue weighted by Gasteiger charge is -2.38. The van der Waals surface area contributed by atoms with Crippen molar-refractivity contribution >= 4 is 5.82 Å². The fourth-order valence-electron chi connectivity index (χ4n) is 3.21. The number of nitrogens with zero attached hydrogens (tertiary/aromatic N) is 4. The second-order valence-corrected chi connectivity index (χ2v) is 6.88. The van der Waals surface area contributed by atoms with E-state index >= 15 is 0 Å². The summed E-state index contributed by atoms with van der Waals surface area (Å²) in [7, 11) is 0. The zero-order chi connectivity index (χ0) is 18.6. The molecule has 1 aliphatic rings. The molecule has 5 heteroatoms. The van der Waals surface area contributed by atoms with Crippen molar-refractivity contribution in [1.82, 2.24) is 15.0 Å². The lowest BCUT2D eigenvalue weighted by molar-refractivity contribution is 0.0124. The number of hydrogen-bond acceptors (Lipinski definition) is 5. The van der Waals surface area contributed by atoms with Gasteiger partial charge in [-0.1, -0.05) is 25.7 Å². The van der Waals surface area contributed by atoms with Gasteiger partial charge in [0.25, 0.3) is 0 Å². The van der Waals surface area contributed by atoms with Gasteiger partial charge in [0.15, 0.2) is 0 Å². The van der Waals surface area contributed by atoms with Crippen LogP contribution in [0.3, 0.4) is 0 Å². The highest BCUT2D eigenvalue weighted by atomic mass is 16.3. The van der Waals surface area contributed by atoms with Crippen molar-refractivity contribution in [2.24, 2.45) is 0 Å². The van der Waals surface area contributed by atoms with Crippen LogP contribution in [0.5, 0.6) is 0 Å². The maximum atomic E-state index is 10.5. The Morgan fingerprint density at radius 3 is 2.50 bits per heavy atom. The zero-order valence-electron chi connectivity index (χ0n) is 15.8. The van der Waals surface area contributed by atoms with Gasteiger partial charge in [-0.25, -0.2) is 9.97 Å². The first-order valence-electron chi connectivity index (χ1n) is 9.30. The summed E-state index contributed by atoms with van der Waals surface area (Å²) in [6.07, 6.45) is 6.51. The van der Waals surface area contributed by atoms with Crippen LogP contribution in [0.15, 0.2) is 24.7 Å². The second-order valence-electron chi connectivity index (χ2n) is 6.88. The molecule has 1 saturated heterocycles. The van der Waals surface area contributed by atoms with Gasteiger partial charge < -0.3 is 10.0 Å².